The van der Waals surface area contributed by atoms with Crippen molar-refractivity contribution in [1.29, 1.82) is 0 Å². The zero-order valence-electron chi connectivity index (χ0n) is 16.5. The van der Waals surface area contributed by atoms with Crippen molar-refractivity contribution in [2.45, 2.75) is 42.8 Å². The van der Waals surface area contributed by atoms with Gasteiger partial charge < -0.3 is 9.64 Å². The topological polar surface area (TPSA) is 75.7 Å². The fourth-order valence-electron chi connectivity index (χ4n) is 3.95. The number of ether oxygens (including phenoxy) is 1. The molecule has 2 aromatic rings. The normalized spacial score (nSPS) is 19.5. The minimum absolute atomic E-state index is 0.0990. The Morgan fingerprint density at radius 1 is 1.03 bits per heavy atom. The average Bonchev–Trinajstić information content (AvgIpc) is 2.73. The first-order chi connectivity index (χ1) is 14.6. The van der Waals surface area contributed by atoms with Crippen LogP contribution >= 0.6 is 0 Å². The van der Waals surface area contributed by atoms with Gasteiger partial charge in [0.2, 0.25) is 0 Å². The summed E-state index contributed by atoms with van der Waals surface area (Å²) in [4.78, 5) is 14.6. The lowest BCUT2D eigenvalue weighted by Gasteiger charge is -2.37. The van der Waals surface area contributed by atoms with E-state index >= 15 is 0 Å². The van der Waals surface area contributed by atoms with Crippen LogP contribution < -0.4 is 9.46 Å². The smallest absolute Gasteiger partial charge is 0.416 e. The number of anilines is 1. The highest BCUT2D eigenvalue weighted by molar-refractivity contribution is 7.92. The van der Waals surface area contributed by atoms with Gasteiger partial charge in [-0.05, 0) is 61.7 Å². The molecule has 1 amide bonds. The first kappa shape index (κ1) is 21.5. The first-order valence-electron chi connectivity index (χ1n) is 9.93. The van der Waals surface area contributed by atoms with Crippen LogP contribution in [0.15, 0.2) is 47.4 Å². The van der Waals surface area contributed by atoms with E-state index in [0.29, 0.717) is 31.0 Å². The van der Waals surface area contributed by atoms with E-state index in [1.54, 1.807) is 0 Å². The van der Waals surface area contributed by atoms with Crippen molar-refractivity contribution in [3.63, 3.8) is 0 Å². The molecule has 0 radical (unpaired) electrons. The van der Waals surface area contributed by atoms with E-state index in [1.807, 2.05) is 4.90 Å². The summed E-state index contributed by atoms with van der Waals surface area (Å²) in [6.07, 6.45) is -0.941. The van der Waals surface area contributed by atoms with Crippen molar-refractivity contribution in [2.75, 3.05) is 17.9 Å². The number of amides is 1. The minimum atomic E-state index is -4.56. The Hall–Kier alpha value is -2.75. The van der Waals surface area contributed by atoms with Crippen LogP contribution in [-0.4, -0.2) is 38.4 Å². The highest BCUT2D eigenvalue weighted by Crippen LogP contribution is 2.32. The lowest BCUT2D eigenvalue weighted by atomic mass is 9.97. The predicted molar refractivity (Wildman–Crippen MR) is 107 cm³/mol. The third-order valence-corrected chi connectivity index (χ3v) is 6.95. The van der Waals surface area contributed by atoms with Crippen LogP contribution in [0, 0.1) is 0 Å². The molecule has 2 aromatic carbocycles. The lowest BCUT2D eigenvalue weighted by Crippen LogP contribution is -2.45. The third kappa shape index (κ3) is 4.48. The summed E-state index contributed by atoms with van der Waals surface area (Å²) >= 11 is 0. The van der Waals surface area contributed by atoms with Gasteiger partial charge in [-0.3, -0.25) is 9.52 Å². The van der Waals surface area contributed by atoms with E-state index in [-0.39, 0.29) is 28.1 Å². The number of hydrogen-bond acceptors (Lipinski definition) is 4. The number of sulfonamides is 1. The number of rotatable bonds is 3. The summed E-state index contributed by atoms with van der Waals surface area (Å²) in [7, 11) is -4.14. The summed E-state index contributed by atoms with van der Waals surface area (Å²) in [5, 5.41) is 0. The molecule has 166 valence electrons. The summed E-state index contributed by atoms with van der Waals surface area (Å²) in [5.41, 5.74) is -0.546. The number of alkyl halides is 3. The summed E-state index contributed by atoms with van der Waals surface area (Å²) in [6, 6.07) is 7.71. The van der Waals surface area contributed by atoms with Crippen LogP contribution in [0.25, 0.3) is 0 Å². The molecular weight excluding hydrogens is 433 g/mol. The van der Waals surface area contributed by atoms with Gasteiger partial charge in [-0.1, -0.05) is 0 Å². The highest BCUT2D eigenvalue weighted by atomic mass is 32.2. The van der Waals surface area contributed by atoms with Crippen LogP contribution in [0.3, 0.4) is 0 Å². The van der Waals surface area contributed by atoms with Gasteiger partial charge in [0.15, 0.2) is 0 Å². The molecule has 4 rings (SSSR count). The number of fused-ring (bicyclic) bond motifs is 2. The van der Waals surface area contributed by atoms with Gasteiger partial charge in [0.05, 0.1) is 22.6 Å². The molecule has 0 aliphatic carbocycles. The Balaban J connectivity index is 1.60. The van der Waals surface area contributed by atoms with Crippen molar-refractivity contribution < 1.29 is 31.1 Å². The Labute approximate surface area is 178 Å². The van der Waals surface area contributed by atoms with Gasteiger partial charge in [0, 0.05) is 24.7 Å². The molecule has 1 fully saturated rings. The maximum atomic E-state index is 13.1. The number of carbonyl (C=O) groups excluding carboxylic acids is 1. The molecular formula is C21H21F3N2O4S. The zero-order valence-corrected chi connectivity index (χ0v) is 17.3. The first-order valence-corrected chi connectivity index (χ1v) is 11.4. The van der Waals surface area contributed by atoms with Gasteiger partial charge >= 0.3 is 6.18 Å². The molecule has 2 aliphatic heterocycles. The molecule has 0 bridgehead atoms. The second-order valence-electron chi connectivity index (χ2n) is 7.62. The number of nitrogens with zero attached hydrogens (tertiary/aromatic N) is 1. The van der Waals surface area contributed by atoms with Crippen LogP contribution in [0.2, 0.25) is 0 Å². The Kier molecular flexibility index (Phi) is 5.59. The van der Waals surface area contributed by atoms with Crippen molar-refractivity contribution in [2.24, 2.45) is 0 Å². The molecule has 1 saturated heterocycles. The molecule has 0 aromatic heterocycles. The van der Waals surface area contributed by atoms with Crippen LogP contribution in [0.5, 0.6) is 5.75 Å². The Morgan fingerprint density at radius 3 is 2.48 bits per heavy atom. The maximum Gasteiger partial charge on any atom is 0.416 e. The summed E-state index contributed by atoms with van der Waals surface area (Å²) in [5.74, 6) is 0.168. The van der Waals surface area contributed by atoms with Crippen molar-refractivity contribution in [3.05, 3.63) is 53.6 Å². The van der Waals surface area contributed by atoms with Crippen molar-refractivity contribution >= 4 is 21.6 Å². The fourth-order valence-corrected chi connectivity index (χ4v) is 5.00. The van der Waals surface area contributed by atoms with Crippen LogP contribution in [0.1, 0.15) is 41.6 Å². The van der Waals surface area contributed by atoms with Crippen LogP contribution in [0.4, 0.5) is 18.9 Å². The summed E-state index contributed by atoms with van der Waals surface area (Å²) in [6.45, 7) is 1.10. The fraction of sp³-hybridized carbons (Fsp3) is 0.381. The summed E-state index contributed by atoms with van der Waals surface area (Å²) < 4.78 is 71.5. The molecule has 6 nitrogen and oxygen atoms in total. The Bertz CT molecular complexity index is 1080. The second-order valence-corrected chi connectivity index (χ2v) is 9.31. The molecule has 10 heteroatoms. The molecule has 0 spiro atoms. The molecule has 2 aliphatic rings. The molecule has 1 N–H and O–H groups in total. The Morgan fingerprint density at radius 2 is 1.77 bits per heavy atom. The quantitative estimate of drug-likeness (QED) is 0.751. The van der Waals surface area contributed by atoms with E-state index in [0.717, 1.165) is 37.8 Å². The van der Waals surface area contributed by atoms with Crippen molar-refractivity contribution in [1.82, 2.24) is 4.90 Å². The highest BCUT2D eigenvalue weighted by Gasteiger charge is 2.32. The molecule has 1 unspecified atom stereocenters. The molecule has 31 heavy (non-hydrogen) atoms. The largest absolute Gasteiger partial charge is 0.493 e. The number of carbonyl (C=O) groups is 1. The monoisotopic (exact) mass is 454 g/mol. The predicted octanol–water partition coefficient (Wildman–Crippen LogP) is 4.28. The minimum Gasteiger partial charge on any atom is -0.493 e. The van der Waals surface area contributed by atoms with Gasteiger partial charge in [-0.15, -0.1) is 0 Å². The van der Waals surface area contributed by atoms with E-state index in [4.69, 9.17) is 4.74 Å². The zero-order chi connectivity index (χ0) is 22.2. The van der Waals surface area contributed by atoms with E-state index in [9.17, 15) is 26.4 Å². The van der Waals surface area contributed by atoms with Crippen molar-refractivity contribution in [3.8, 4) is 5.75 Å². The van der Waals surface area contributed by atoms with Gasteiger partial charge in [0.1, 0.15) is 5.75 Å². The third-order valence-electron chi connectivity index (χ3n) is 5.55. The van der Waals surface area contributed by atoms with Gasteiger partial charge in [-0.2, -0.15) is 13.2 Å². The van der Waals surface area contributed by atoms with E-state index in [1.165, 1.54) is 18.2 Å². The molecule has 2 heterocycles. The van der Waals surface area contributed by atoms with Gasteiger partial charge in [0.25, 0.3) is 15.9 Å². The number of piperidine rings is 1. The standard InChI is InChI=1S/C21H21F3N2O4S/c22-21(23,24)14-4-7-17(8-5-14)31(28,29)25-15-6-9-19-18(13-15)20(27)26-11-2-1-3-16(26)10-12-30-19/h4-9,13,16,25H,1-3,10-12H2. The number of halogens is 3. The maximum absolute atomic E-state index is 13.1. The second kappa shape index (κ2) is 8.07. The van der Waals surface area contributed by atoms with E-state index in [2.05, 4.69) is 4.72 Å². The van der Waals surface area contributed by atoms with Gasteiger partial charge in [-0.25, -0.2) is 8.42 Å². The molecule has 0 saturated carbocycles. The average molecular weight is 454 g/mol. The lowest BCUT2D eigenvalue weighted by molar-refractivity contribution is -0.137. The number of nitrogens with one attached hydrogen (secondary N) is 1. The SMILES string of the molecule is O=C1c2cc(NS(=O)(=O)c3ccc(C(F)(F)F)cc3)ccc2OCCC2CCCCN12. The number of benzene rings is 2. The van der Waals surface area contributed by atoms with Crippen LogP contribution in [-0.2, 0) is 16.2 Å². The molecule has 1 atom stereocenters. The number of hydrogen-bond donors (Lipinski definition) is 1. The van der Waals surface area contributed by atoms with E-state index < -0.39 is 21.8 Å².